The highest BCUT2D eigenvalue weighted by Gasteiger charge is 2.29. The minimum absolute atomic E-state index is 0.145. The van der Waals surface area contributed by atoms with Crippen molar-refractivity contribution in [2.45, 2.75) is 39.8 Å². The molecule has 2 aromatic carbocycles. The topological polar surface area (TPSA) is 32.3 Å². The predicted molar refractivity (Wildman–Crippen MR) is 116 cm³/mol. The average molecular weight is 375 g/mol. The third-order valence-corrected chi connectivity index (χ3v) is 5.17. The molecule has 146 valence electrons. The molecule has 0 saturated heterocycles. The van der Waals surface area contributed by atoms with Crippen molar-refractivity contribution in [3.8, 4) is 0 Å². The fourth-order valence-electron chi connectivity index (χ4n) is 3.89. The Balaban J connectivity index is 1.55. The third kappa shape index (κ3) is 4.99. The molecule has 28 heavy (non-hydrogen) atoms. The Bertz CT molecular complexity index is 868. The Morgan fingerprint density at radius 3 is 2.75 bits per heavy atom. The summed E-state index contributed by atoms with van der Waals surface area (Å²) >= 11 is 0. The Hall–Kier alpha value is -2.65. The van der Waals surface area contributed by atoms with Gasteiger partial charge in [-0.2, -0.15) is 0 Å². The van der Waals surface area contributed by atoms with Crippen LogP contribution in [0.3, 0.4) is 0 Å². The van der Waals surface area contributed by atoms with Crippen LogP contribution >= 0.6 is 0 Å². The largest absolute Gasteiger partial charge is 0.330 e. The summed E-state index contributed by atoms with van der Waals surface area (Å²) < 4.78 is 0. The van der Waals surface area contributed by atoms with E-state index in [1.807, 2.05) is 24.8 Å². The van der Waals surface area contributed by atoms with Crippen LogP contribution in [0.15, 0.2) is 66.8 Å². The monoisotopic (exact) mass is 374 g/mol. The van der Waals surface area contributed by atoms with E-state index >= 15 is 0 Å². The Morgan fingerprint density at radius 2 is 2.00 bits per heavy atom. The summed E-state index contributed by atoms with van der Waals surface area (Å²) in [6.07, 6.45) is 5.96. The van der Waals surface area contributed by atoms with Gasteiger partial charge in [0, 0.05) is 25.2 Å². The normalized spacial score (nSPS) is 13.7. The number of allylic oxidation sites excluding steroid dienone is 2. The van der Waals surface area contributed by atoms with Gasteiger partial charge >= 0.3 is 0 Å². The Morgan fingerprint density at radius 1 is 1.21 bits per heavy atom. The Kier molecular flexibility index (Phi) is 6.83. The van der Waals surface area contributed by atoms with E-state index in [1.54, 1.807) is 6.08 Å². The lowest BCUT2D eigenvalue weighted by Gasteiger charge is -2.15. The van der Waals surface area contributed by atoms with Crippen LogP contribution in [0.1, 0.15) is 46.0 Å². The van der Waals surface area contributed by atoms with Gasteiger partial charge in [-0.05, 0) is 55.5 Å². The van der Waals surface area contributed by atoms with Gasteiger partial charge < -0.3 is 10.2 Å². The van der Waals surface area contributed by atoms with E-state index in [1.165, 1.54) is 11.1 Å². The molecule has 0 aromatic heterocycles. The van der Waals surface area contributed by atoms with Crippen LogP contribution in [0.25, 0.3) is 0 Å². The SMILES string of the molecule is C=C/C=C(\C)CN1Cc2cc(CNCCCc3ccccc3)cc(C)c2C1=O. The first-order chi connectivity index (χ1) is 13.6. The number of amides is 1. The number of nitrogens with one attached hydrogen (secondary N) is 1. The van der Waals surface area contributed by atoms with Crippen molar-refractivity contribution in [2.24, 2.45) is 0 Å². The molecule has 0 spiro atoms. The molecule has 0 atom stereocenters. The van der Waals surface area contributed by atoms with E-state index in [0.29, 0.717) is 13.1 Å². The van der Waals surface area contributed by atoms with Crippen molar-refractivity contribution in [2.75, 3.05) is 13.1 Å². The van der Waals surface area contributed by atoms with Gasteiger partial charge in [0.15, 0.2) is 0 Å². The zero-order valence-corrected chi connectivity index (χ0v) is 17.0. The lowest BCUT2D eigenvalue weighted by Crippen LogP contribution is -2.25. The van der Waals surface area contributed by atoms with E-state index in [9.17, 15) is 4.79 Å². The van der Waals surface area contributed by atoms with Gasteiger partial charge in [-0.1, -0.05) is 66.8 Å². The molecule has 0 bridgehead atoms. The highest BCUT2D eigenvalue weighted by Crippen LogP contribution is 2.28. The second kappa shape index (κ2) is 9.52. The molecule has 1 heterocycles. The van der Waals surface area contributed by atoms with E-state index in [4.69, 9.17) is 0 Å². The number of carbonyl (C=O) groups excluding carboxylic acids is 1. The van der Waals surface area contributed by atoms with Gasteiger partial charge in [0.25, 0.3) is 5.91 Å². The van der Waals surface area contributed by atoms with Crippen LogP contribution in [-0.4, -0.2) is 23.9 Å². The molecule has 0 aliphatic carbocycles. The summed E-state index contributed by atoms with van der Waals surface area (Å²) in [5.41, 5.74) is 6.91. The molecule has 1 aliphatic heterocycles. The maximum absolute atomic E-state index is 12.8. The van der Waals surface area contributed by atoms with Gasteiger partial charge in [-0.15, -0.1) is 0 Å². The minimum Gasteiger partial charge on any atom is -0.330 e. The first-order valence-corrected chi connectivity index (χ1v) is 10.0. The molecule has 0 radical (unpaired) electrons. The summed E-state index contributed by atoms with van der Waals surface area (Å²) in [7, 11) is 0. The second-order valence-electron chi connectivity index (χ2n) is 7.62. The lowest BCUT2D eigenvalue weighted by molar-refractivity contribution is 0.0792. The van der Waals surface area contributed by atoms with Crippen molar-refractivity contribution < 1.29 is 4.79 Å². The highest BCUT2D eigenvalue weighted by atomic mass is 16.2. The molecule has 1 N–H and O–H groups in total. The van der Waals surface area contributed by atoms with Gasteiger partial charge in [0.05, 0.1) is 0 Å². The summed E-state index contributed by atoms with van der Waals surface area (Å²) in [5.74, 6) is 0.145. The van der Waals surface area contributed by atoms with Crippen LogP contribution < -0.4 is 5.32 Å². The molecule has 2 aromatic rings. The van der Waals surface area contributed by atoms with Crippen molar-refractivity contribution >= 4 is 5.91 Å². The van der Waals surface area contributed by atoms with E-state index in [2.05, 4.69) is 54.4 Å². The first kappa shape index (κ1) is 20.1. The number of nitrogens with zero attached hydrogens (tertiary/aromatic N) is 1. The number of carbonyl (C=O) groups is 1. The van der Waals surface area contributed by atoms with Crippen molar-refractivity contribution in [1.29, 1.82) is 0 Å². The van der Waals surface area contributed by atoms with Crippen LogP contribution in [0.4, 0.5) is 0 Å². The molecule has 0 unspecified atom stereocenters. The predicted octanol–water partition coefficient (Wildman–Crippen LogP) is 4.81. The zero-order chi connectivity index (χ0) is 19.9. The van der Waals surface area contributed by atoms with Gasteiger partial charge in [0.2, 0.25) is 0 Å². The molecule has 1 aliphatic rings. The van der Waals surface area contributed by atoms with E-state index < -0.39 is 0 Å². The number of benzene rings is 2. The Labute approximate surface area is 168 Å². The summed E-state index contributed by atoms with van der Waals surface area (Å²) in [6, 6.07) is 14.9. The maximum atomic E-state index is 12.8. The number of rotatable bonds is 9. The van der Waals surface area contributed by atoms with Crippen molar-refractivity contribution in [3.63, 3.8) is 0 Å². The summed E-state index contributed by atoms with van der Waals surface area (Å²) in [5, 5.41) is 3.54. The molecular formula is C25H30N2O. The van der Waals surface area contributed by atoms with Crippen LogP contribution in [0.2, 0.25) is 0 Å². The maximum Gasteiger partial charge on any atom is 0.255 e. The number of hydrogen-bond acceptors (Lipinski definition) is 2. The molecule has 0 fully saturated rings. The quantitative estimate of drug-likeness (QED) is 0.505. The van der Waals surface area contributed by atoms with Gasteiger partial charge in [-0.3, -0.25) is 4.79 Å². The zero-order valence-electron chi connectivity index (χ0n) is 17.0. The molecule has 1 amide bonds. The van der Waals surface area contributed by atoms with Crippen molar-refractivity contribution in [3.05, 3.63) is 94.6 Å². The van der Waals surface area contributed by atoms with Gasteiger partial charge in [0.1, 0.15) is 0 Å². The number of fused-ring (bicyclic) bond motifs is 1. The summed E-state index contributed by atoms with van der Waals surface area (Å²) in [6.45, 7) is 11.0. The van der Waals surface area contributed by atoms with Crippen LogP contribution in [0, 0.1) is 6.92 Å². The molecule has 3 nitrogen and oxygen atoms in total. The molecule has 3 rings (SSSR count). The third-order valence-electron chi connectivity index (χ3n) is 5.17. The van der Waals surface area contributed by atoms with Crippen LogP contribution in [0.5, 0.6) is 0 Å². The fraction of sp³-hybridized carbons (Fsp3) is 0.320. The lowest BCUT2D eigenvalue weighted by atomic mass is 10.0. The van der Waals surface area contributed by atoms with Crippen molar-refractivity contribution in [1.82, 2.24) is 10.2 Å². The number of aryl methyl sites for hydroxylation is 2. The standard InChI is InChI=1S/C25H30N2O/c1-4-9-19(2)17-27-18-23-15-22(14-20(3)24(23)25(27)28)16-26-13-8-12-21-10-6-5-7-11-21/h4-7,9-11,14-15,26H,1,8,12-13,16-18H2,2-3H3/b19-9+. The smallest absolute Gasteiger partial charge is 0.255 e. The fourth-order valence-corrected chi connectivity index (χ4v) is 3.89. The molecule has 0 saturated carbocycles. The molecule has 3 heteroatoms. The van der Waals surface area contributed by atoms with Crippen LogP contribution in [-0.2, 0) is 19.5 Å². The average Bonchev–Trinajstić information content (AvgIpc) is 2.98. The molecular weight excluding hydrogens is 344 g/mol. The van der Waals surface area contributed by atoms with E-state index in [0.717, 1.165) is 48.2 Å². The minimum atomic E-state index is 0.145. The van der Waals surface area contributed by atoms with Gasteiger partial charge in [-0.25, -0.2) is 0 Å². The highest BCUT2D eigenvalue weighted by molar-refractivity contribution is 6.00. The first-order valence-electron chi connectivity index (χ1n) is 10.0. The summed E-state index contributed by atoms with van der Waals surface area (Å²) in [4.78, 5) is 14.7. The number of hydrogen-bond donors (Lipinski definition) is 1. The van der Waals surface area contributed by atoms with E-state index in [-0.39, 0.29) is 5.91 Å². The second-order valence-corrected chi connectivity index (χ2v) is 7.62.